The van der Waals surface area contributed by atoms with E-state index in [9.17, 15) is 15.3 Å². The number of hydrogen-bond acceptors (Lipinski definition) is 7. The molecule has 7 aliphatic rings. The Kier molecular flexibility index (Phi) is 3.78. The Morgan fingerprint density at radius 2 is 1.91 bits per heavy atom. The van der Waals surface area contributed by atoms with Gasteiger partial charge in [-0.2, -0.15) is 0 Å². The summed E-state index contributed by atoms with van der Waals surface area (Å²) in [6, 6.07) is 0. The molecule has 0 aromatic heterocycles. The third kappa shape index (κ3) is 1.98. The second-order valence-electron chi connectivity index (χ2n) is 12.0. The van der Waals surface area contributed by atoms with Crippen molar-refractivity contribution >= 4 is 0 Å². The van der Waals surface area contributed by atoms with Crippen LogP contribution in [0.4, 0.5) is 0 Å². The van der Waals surface area contributed by atoms with Gasteiger partial charge in [0.1, 0.15) is 6.10 Å². The van der Waals surface area contributed by atoms with Crippen molar-refractivity contribution in [3.05, 3.63) is 22.8 Å². The van der Waals surface area contributed by atoms with Gasteiger partial charge >= 0.3 is 0 Å². The third-order valence-corrected chi connectivity index (χ3v) is 10.4. The van der Waals surface area contributed by atoms with Crippen LogP contribution < -0.4 is 0 Å². The van der Waals surface area contributed by atoms with E-state index >= 15 is 0 Å². The molecule has 3 N–H and O–H groups in total. The van der Waals surface area contributed by atoms with E-state index in [1.54, 1.807) is 0 Å². The molecule has 5 fully saturated rings. The van der Waals surface area contributed by atoms with Crippen LogP contribution in [0.5, 0.6) is 0 Å². The van der Waals surface area contributed by atoms with Crippen molar-refractivity contribution in [1.29, 1.82) is 0 Å². The first kappa shape index (κ1) is 20.6. The van der Waals surface area contributed by atoms with Crippen LogP contribution in [0.1, 0.15) is 53.4 Å². The summed E-state index contributed by atoms with van der Waals surface area (Å²) >= 11 is 0. The van der Waals surface area contributed by atoms with Crippen LogP contribution in [0.15, 0.2) is 22.8 Å². The molecule has 4 heterocycles. The van der Waals surface area contributed by atoms with Crippen molar-refractivity contribution in [2.45, 2.75) is 95.7 Å². The Balaban J connectivity index is 1.42. The minimum absolute atomic E-state index is 0.125. The van der Waals surface area contributed by atoms with Gasteiger partial charge < -0.3 is 34.3 Å². The lowest BCUT2D eigenvalue weighted by molar-refractivity contribution is -0.378. The minimum atomic E-state index is -1.83. The van der Waals surface area contributed by atoms with Gasteiger partial charge in [0, 0.05) is 10.8 Å². The van der Waals surface area contributed by atoms with Gasteiger partial charge in [-0.05, 0) is 43.1 Å². The summed E-state index contributed by atoms with van der Waals surface area (Å²) < 4.78 is 24.5. The molecule has 1 saturated carbocycles. The van der Waals surface area contributed by atoms with Gasteiger partial charge in [0.05, 0.1) is 24.7 Å². The molecule has 3 aliphatic carbocycles. The highest BCUT2D eigenvalue weighted by Crippen LogP contribution is 2.69. The summed E-state index contributed by atoms with van der Waals surface area (Å²) in [4.78, 5) is 0. The first-order chi connectivity index (χ1) is 15.1. The number of rotatable bonds is 1. The maximum absolute atomic E-state index is 12.0. The fourth-order valence-corrected chi connectivity index (χ4v) is 8.49. The predicted molar refractivity (Wildman–Crippen MR) is 112 cm³/mol. The molecule has 0 spiro atoms. The average Bonchev–Trinajstić information content (AvgIpc) is 3.30. The van der Waals surface area contributed by atoms with Crippen molar-refractivity contribution in [3.63, 3.8) is 0 Å². The van der Waals surface area contributed by atoms with Crippen molar-refractivity contribution in [2.24, 2.45) is 28.6 Å². The smallest absolute Gasteiger partial charge is 0.233 e. The number of allylic oxidation sites excluding steroid dienone is 1. The largest absolute Gasteiger partial charge is 0.392 e. The lowest BCUT2D eigenvalue weighted by Gasteiger charge is -2.54. The van der Waals surface area contributed by atoms with Crippen molar-refractivity contribution in [1.82, 2.24) is 0 Å². The predicted octanol–water partition coefficient (Wildman–Crippen LogP) is 2.00. The second kappa shape index (κ2) is 5.88. The third-order valence-electron chi connectivity index (χ3n) is 10.4. The fraction of sp³-hybridized carbons (Fsp3) is 0.840. The van der Waals surface area contributed by atoms with Crippen LogP contribution in [0, 0.1) is 28.6 Å². The molecule has 176 valence electrons. The van der Waals surface area contributed by atoms with Crippen LogP contribution in [0.3, 0.4) is 0 Å². The number of fused-ring (bicyclic) bond motifs is 6. The van der Waals surface area contributed by atoms with Gasteiger partial charge in [-0.3, -0.25) is 0 Å². The highest BCUT2D eigenvalue weighted by molar-refractivity contribution is 5.42. The molecule has 0 radical (unpaired) electrons. The van der Waals surface area contributed by atoms with Gasteiger partial charge in [-0.1, -0.05) is 44.9 Å². The molecule has 7 heteroatoms. The zero-order valence-electron chi connectivity index (χ0n) is 19.2. The molecule has 4 saturated heterocycles. The van der Waals surface area contributed by atoms with Gasteiger partial charge in [0.15, 0.2) is 18.2 Å². The molecule has 32 heavy (non-hydrogen) atoms. The summed E-state index contributed by atoms with van der Waals surface area (Å²) in [7, 11) is 0. The van der Waals surface area contributed by atoms with Gasteiger partial charge in [0.25, 0.3) is 0 Å². The lowest BCUT2D eigenvalue weighted by atomic mass is 9.52. The van der Waals surface area contributed by atoms with E-state index < -0.39 is 36.0 Å². The maximum atomic E-state index is 12.0. The van der Waals surface area contributed by atoms with E-state index in [0.717, 1.165) is 31.3 Å². The van der Waals surface area contributed by atoms with Crippen LogP contribution in [0.25, 0.3) is 0 Å². The monoisotopic (exact) mass is 446 g/mol. The average molecular weight is 447 g/mol. The van der Waals surface area contributed by atoms with E-state index in [1.165, 1.54) is 11.1 Å². The molecule has 0 aromatic carbocycles. The molecular weight excluding hydrogens is 412 g/mol. The zero-order chi connectivity index (χ0) is 22.4. The summed E-state index contributed by atoms with van der Waals surface area (Å²) in [5.74, 6) is -1.74. The Hall–Kier alpha value is -0.800. The quantitative estimate of drug-likeness (QED) is 0.530. The molecule has 7 rings (SSSR count). The van der Waals surface area contributed by atoms with Crippen molar-refractivity contribution in [2.75, 3.05) is 6.61 Å². The minimum Gasteiger partial charge on any atom is -0.392 e. The Morgan fingerprint density at radius 3 is 2.66 bits per heavy atom. The van der Waals surface area contributed by atoms with Crippen LogP contribution >= 0.6 is 0 Å². The molecular formula is C25H34O7. The number of ether oxygens (including phenoxy) is 4. The number of hydrogen-bond donors (Lipinski definition) is 3. The second-order valence-corrected chi connectivity index (χ2v) is 12.0. The Bertz CT molecular complexity index is 958. The molecule has 1 unspecified atom stereocenters. The SMILES string of the molecule is CC(C)C1=C2[C@H]3CC=C4[C@H]5OC6CO[C@H]7O[C@@H]([C@@H]4[C@@]7(O)[C@@]6(O)O5)[C@]3(C)CC[C@@]2(C)[C@@H](O)C1. The van der Waals surface area contributed by atoms with Crippen molar-refractivity contribution < 1.29 is 34.3 Å². The van der Waals surface area contributed by atoms with Gasteiger partial charge in [0.2, 0.25) is 5.79 Å². The maximum Gasteiger partial charge on any atom is 0.233 e. The normalized spacial score (nSPS) is 59.8. The Morgan fingerprint density at radius 1 is 1.12 bits per heavy atom. The van der Waals surface area contributed by atoms with E-state index in [2.05, 4.69) is 33.8 Å². The van der Waals surface area contributed by atoms with E-state index in [1.807, 2.05) is 0 Å². The highest BCUT2D eigenvalue weighted by atomic mass is 16.8. The molecule has 11 atom stereocenters. The summed E-state index contributed by atoms with van der Waals surface area (Å²) in [6.45, 7) is 9.05. The van der Waals surface area contributed by atoms with E-state index in [4.69, 9.17) is 18.9 Å². The Labute approximate surface area is 188 Å². The number of aliphatic hydroxyl groups is 3. The first-order valence-electron chi connectivity index (χ1n) is 12.2. The highest BCUT2D eigenvalue weighted by Gasteiger charge is 2.82. The standard InChI is InChI=1S/C25H34O7/c1-11(2)13-9-15(26)23(4)8-7-22(3)14(17(13)23)6-5-12-18-19(22)31-21-24(18,27)25(28)16(10-29-21)30-20(12)32-25/h5,11,14-16,18-21,26-28H,6-10H2,1-4H3/t14-,15+,16?,18-,19+,20+,21+,22-,23+,24+,25+/m1/s1. The molecule has 0 aromatic rings. The molecule has 0 amide bonds. The first-order valence-corrected chi connectivity index (χ1v) is 12.2. The summed E-state index contributed by atoms with van der Waals surface area (Å²) in [5, 5.41) is 34.6. The molecule has 4 aliphatic heterocycles. The van der Waals surface area contributed by atoms with E-state index in [0.29, 0.717) is 5.92 Å². The van der Waals surface area contributed by atoms with E-state index in [-0.39, 0.29) is 35.6 Å². The van der Waals surface area contributed by atoms with Crippen LogP contribution in [0.2, 0.25) is 0 Å². The zero-order valence-corrected chi connectivity index (χ0v) is 19.2. The van der Waals surface area contributed by atoms with Crippen LogP contribution in [-0.4, -0.2) is 64.2 Å². The summed E-state index contributed by atoms with van der Waals surface area (Å²) in [6.07, 6.45) is 2.36. The van der Waals surface area contributed by atoms with Gasteiger partial charge in [-0.15, -0.1) is 0 Å². The number of aliphatic hydroxyl groups excluding tert-OH is 1. The summed E-state index contributed by atoms with van der Waals surface area (Å²) in [5.41, 5.74) is 1.42. The lowest BCUT2D eigenvalue weighted by Crippen LogP contribution is -2.73. The fourth-order valence-electron chi connectivity index (χ4n) is 8.49. The van der Waals surface area contributed by atoms with Crippen molar-refractivity contribution in [3.8, 4) is 0 Å². The van der Waals surface area contributed by atoms with Gasteiger partial charge in [-0.25, -0.2) is 0 Å². The molecule has 2 bridgehead atoms. The molecule has 7 nitrogen and oxygen atoms in total. The van der Waals surface area contributed by atoms with Crippen LogP contribution in [-0.2, 0) is 18.9 Å². The topological polar surface area (TPSA) is 97.6 Å².